The van der Waals surface area contributed by atoms with Crippen molar-refractivity contribution in [2.24, 2.45) is 10.7 Å². The van der Waals surface area contributed by atoms with E-state index >= 15 is 0 Å². The molecule has 25 heavy (non-hydrogen) atoms. The van der Waals surface area contributed by atoms with Gasteiger partial charge in [0.05, 0.1) is 0 Å². The number of guanidine groups is 1. The third-order valence-electron chi connectivity index (χ3n) is 4.01. The number of aryl methyl sites for hydroxylation is 1. The number of nitrogens with one attached hydrogen (secondary N) is 2. The summed E-state index contributed by atoms with van der Waals surface area (Å²) in [7, 11) is 1.76. The highest BCUT2D eigenvalue weighted by Crippen LogP contribution is 2.05. The number of benzene rings is 2. The Morgan fingerprint density at radius 1 is 1.08 bits per heavy atom. The van der Waals surface area contributed by atoms with E-state index in [9.17, 15) is 4.79 Å². The van der Waals surface area contributed by atoms with Crippen LogP contribution in [0.15, 0.2) is 59.6 Å². The Hall–Kier alpha value is -2.82. The van der Waals surface area contributed by atoms with Gasteiger partial charge in [-0.2, -0.15) is 0 Å². The van der Waals surface area contributed by atoms with Crippen LogP contribution >= 0.6 is 0 Å². The number of rotatable bonds is 7. The highest BCUT2D eigenvalue weighted by molar-refractivity contribution is 5.92. The van der Waals surface area contributed by atoms with Crippen molar-refractivity contribution in [3.63, 3.8) is 0 Å². The van der Waals surface area contributed by atoms with Gasteiger partial charge in [0.2, 0.25) is 5.91 Å². The number of primary amides is 1. The second kappa shape index (κ2) is 9.47. The van der Waals surface area contributed by atoms with Crippen LogP contribution in [0.5, 0.6) is 0 Å². The Bertz CT molecular complexity index is 695. The Labute approximate surface area is 149 Å². The second-order valence-corrected chi connectivity index (χ2v) is 6.06. The van der Waals surface area contributed by atoms with Crippen LogP contribution in [-0.2, 0) is 13.0 Å². The first kappa shape index (κ1) is 18.5. The highest BCUT2D eigenvalue weighted by Gasteiger charge is 2.06. The lowest BCUT2D eigenvalue weighted by molar-refractivity contribution is 0.100. The molecule has 0 aromatic heterocycles. The number of amides is 1. The Kier molecular flexibility index (Phi) is 7.01. The minimum Gasteiger partial charge on any atom is -0.366 e. The summed E-state index contributed by atoms with van der Waals surface area (Å²) in [5, 5.41) is 6.69. The molecule has 0 heterocycles. The smallest absolute Gasteiger partial charge is 0.248 e. The van der Waals surface area contributed by atoms with Crippen LogP contribution in [-0.4, -0.2) is 25.0 Å². The zero-order valence-corrected chi connectivity index (χ0v) is 14.8. The summed E-state index contributed by atoms with van der Waals surface area (Å²) in [5.41, 5.74) is 8.17. The number of nitrogens with zero attached hydrogens (tertiary/aromatic N) is 1. The summed E-state index contributed by atoms with van der Waals surface area (Å²) in [6.45, 7) is 2.78. The van der Waals surface area contributed by atoms with Gasteiger partial charge in [0, 0.05) is 25.2 Å². The molecule has 0 radical (unpaired) electrons. The molecule has 0 spiro atoms. The predicted octanol–water partition coefficient (Wildman–Crippen LogP) is 2.47. The quantitative estimate of drug-likeness (QED) is 0.536. The van der Waals surface area contributed by atoms with E-state index in [1.807, 2.05) is 18.2 Å². The average molecular weight is 338 g/mol. The number of carbonyl (C=O) groups excluding carboxylic acids is 1. The predicted molar refractivity (Wildman–Crippen MR) is 103 cm³/mol. The molecule has 1 atom stereocenters. The van der Waals surface area contributed by atoms with Gasteiger partial charge in [-0.1, -0.05) is 42.5 Å². The van der Waals surface area contributed by atoms with Crippen molar-refractivity contribution in [1.82, 2.24) is 10.6 Å². The van der Waals surface area contributed by atoms with Crippen molar-refractivity contribution in [3.05, 3.63) is 71.3 Å². The van der Waals surface area contributed by atoms with Crippen LogP contribution in [0.2, 0.25) is 0 Å². The molecule has 0 saturated heterocycles. The number of nitrogens with two attached hydrogens (primary N) is 1. The van der Waals surface area contributed by atoms with Crippen molar-refractivity contribution < 1.29 is 4.79 Å². The van der Waals surface area contributed by atoms with Gasteiger partial charge in [0.25, 0.3) is 0 Å². The van der Waals surface area contributed by atoms with E-state index in [1.165, 1.54) is 5.56 Å². The maximum Gasteiger partial charge on any atom is 0.248 e. The minimum atomic E-state index is -0.413. The van der Waals surface area contributed by atoms with Gasteiger partial charge in [-0.15, -0.1) is 0 Å². The fraction of sp³-hybridized carbons (Fsp3) is 0.300. The van der Waals surface area contributed by atoms with Gasteiger partial charge in [-0.25, -0.2) is 0 Å². The van der Waals surface area contributed by atoms with E-state index in [0.29, 0.717) is 18.2 Å². The summed E-state index contributed by atoms with van der Waals surface area (Å²) in [4.78, 5) is 15.4. The second-order valence-electron chi connectivity index (χ2n) is 6.06. The maximum absolute atomic E-state index is 11.1. The standard InChI is InChI=1S/C20H26N4O/c1-15(8-9-16-6-4-3-5-7-16)24-20(22-2)23-14-17-10-12-18(13-11-17)19(21)25/h3-7,10-13,15H,8-9,14H2,1-2H3,(H2,21,25)(H2,22,23,24). The lowest BCUT2D eigenvalue weighted by Gasteiger charge is -2.18. The SMILES string of the molecule is CN=C(NCc1ccc(C(N)=O)cc1)NC(C)CCc1ccccc1. The molecule has 0 saturated carbocycles. The number of hydrogen-bond acceptors (Lipinski definition) is 2. The van der Waals surface area contributed by atoms with Crippen LogP contribution in [0, 0.1) is 0 Å². The fourth-order valence-electron chi connectivity index (χ4n) is 2.50. The highest BCUT2D eigenvalue weighted by atomic mass is 16.1. The molecule has 5 heteroatoms. The molecule has 0 aliphatic carbocycles. The third-order valence-corrected chi connectivity index (χ3v) is 4.01. The van der Waals surface area contributed by atoms with E-state index in [2.05, 4.69) is 46.8 Å². The molecular weight excluding hydrogens is 312 g/mol. The van der Waals surface area contributed by atoms with Crippen LogP contribution < -0.4 is 16.4 Å². The summed E-state index contributed by atoms with van der Waals surface area (Å²) >= 11 is 0. The maximum atomic E-state index is 11.1. The Balaban J connectivity index is 1.78. The molecule has 2 aromatic rings. The molecule has 5 nitrogen and oxygen atoms in total. The van der Waals surface area contributed by atoms with Crippen molar-refractivity contribution >= 4 is 11.9 Å². The molecule has 0 aliphatic heterocycles. The molecule has 1 amide bonds. The largest absolute Gasteiger partial charge is 0.366 e. The monoisotopic (exact) mass is 338 g/mol. The first-order chi connectivity index (χ1) is 12.1. The lowest BCUT2D eigenvalue weighted by Crippen LogP contribution is -2.42. The van der Waals surface area contributed by atoms with Crippen molar-refractivity contribution in [2.45, 2.75) is 32.4 Å². The first-order valence-electron chi connectivity index (χ1n) is 8.48. The average Bonchev–Trinajstić information content (AvgIpc) is 2.64. The Morgan fingerprint density at radius 3 is 2.36 bits per heavy atom. The molecule has 2 aromatic carbocycles. The third kappa shape index (κ3) is 6.30. The lowest BCUT2D eigenvalue weighted by atomic mass is 10.1. The molecule has 0 bridgehead atoms. The van der Waals surface area contributed by atoms with Gasteiger partial charge < -0.3 is 16.4 Å². The molecule has 2 rings (SSSR count). The first-order valence-corrected chi connectivity index (χ1v) is 8.48. The number of aliphatic imine (C=N–C) groups is 1. The van der Waals surface area contributed by atoms with E-state index < -0.39 is 5.91 Å². The van der Waals surface area contributed by atoms with Gasteiger partial charge in [0.1, 0.15) is 0 Å². The molecule has 0 aliphatic rings. The van der Waals surface area contributed by atoms with E-state index in [1.54, 1.807) is 19.2 Å². The topological polar surface area (TPSA) is 79.5 Å². The van der Waals surface area contributed by atoms with Crippen LogP contribution in [0.4, 0.5) is 0 Å². The number of carbonyl (C=O) groups is 1. The molecule has 0 fully saturated rings. The fourth-order valence-corrected chi connectivity index (χ4v) is 2.50. The van der Waals surface area contributed by atoms with Crippen LogP contribution in [0.1, 0.15) is 34.8 Å². The molecular formula is C20H26N4O. The summed E-state index contributed by atoms with van der Waals surface area (Å²) < 4.78 is 0. The molecule has 4 N–H and O–H groups in total. The van der Waals surface area contributed by atoms with Gasteiger partial charge in [0.15, 0.2) is 5.96 Å². The van der Waals surface area contributed by atoms with Crippen LogP contribution in [0.25, 0.3) is 0 Å². The normalized spacial score (nSPS) is 12.5. The van der Waals surface area contributed by atoms with E-state index in [-0.39, 0.29) is 0 Å². The molecule has 1 unspecified atom stereocenters. The Morgan fingerprint density at radius 2 is 1.76 bits per heavy atom. The van der Waals surface area contributed by atoms with Crippen molar-refractivity contribution in [2.75, 3.05) is 7.05 Å². The van der Waals surface area contributed by atoms with Gasteiger partial charge >= 0.3 is 0 Å². The summed E-state index contributed by atoms with van der Waals surface area (Å²) in [5.74, 6) is 0.351. The van der Waals surface area contributed by atoms with Crippen LogP contribution in [0.3, 0.4) is 0 Å². The van der Waals surface area contributed by atoms with Gasteiger partial charge in [-0.3, -0.25) is 9.79 Å². The zero-order valence-electron chi connectivity index (χ0n) is 14.8. The van der Waals surface area contributed by atoms with E-state index in [4.69, 9.17) is 5.73 Å². The van der Waals surface area contributed by atoms with Gasteiger partial charge in [-0.05, 0) is 43.0 Å². The van der Waals surface area contributed by atoms with Crippen molar-refractivity contribution in [3.8, 4) is 0 Å². The number of hydrogen-bond donors (Lipinski definition) is 3. The summed E-state index contributed by atoms with van der Waals surface area (Å²) in [6.07, 6.45) is 2.05. The minimum absolute atomic E-state index is 0.309. The van der Waals surface area contributed by atoms with E-state index in [0.717, 1.165) is 24.4 Å². The zero-order chi connectivity index (χ0) is 18.1. The van der Waals surface area contributed by atoms with Crippen molar-refractivity contribution in [1.29, 1.82) is 0 Å². The summed E-state index contributed by atoms with van der Waals surface area (Å²) in [6, 6.07) is 18.0. The molecule has 132 valence electrons.